The highest BCUT2D eigenvalue weighted by atomic mass is 14.9. The van der Waals surface area contributed by atoms with Crippen molar-refractivity contribution in [1.29, 1.82) is 0 Å². The van der Waals surface area contributed by atoms with Gasteiger partial charge < -0.3 is 5.32 Å². The molecule has 1 nitrogen and oxygen atoms in total. The lowest BCUT2D eigenvalue weighted by atomic mass is 10.00. The number of para-hydroxylation sites is 1. The summed E-state index contributed by atoms with van der Waals surface area (Å²) in [7, 11) is 0. The molecule has 0 spiro atoms. The van der Waals surface area contributed by atoms with Gasteiger partial charge in [0.25, 0.3) is 0 Å². The van der Waals surface area contributed by atoms with Crippen molar-refractivity contribution < 1.29 is 0 Å². The van der Waals surface area contributed by atoms with E-state index >= 15 is 0 Å². The van der Waals surface area contributed by atoms with Gasteiger partial charge in [0, 0.05) is 12.2 Å². The van der Waals surface area contributed by atoms with Gasteiger partial charge in [-0.25, -0.2) is 0 Å². The second-order valence-electron chi connectivity index (χ2n) is 4.20. The molecule has 0 fully saturated rings. The summed E-state index contributed by atoms with van der Waals surface area (Å²) in [5.41, 5.74) is 4.16. The summed E-state index contributed by atoms with van der Waals surface area (Å²) < 4.78 is 0. The Morgan fingerprint density at radius 3 is 2.93 bits per heavy atom. The normalized spacial score (nSPS) is 14.1. The average Bonchev–Trinajstić information content (AvgIpc) is 2.29. The molecule has 0 aromatic heterocycles. The summed E-state index contributed by atoms with van der Waals surface area (Å²) in [6, 6.07) is 8.52. The van der Waals surface area contributed by atoms with Crippen LogP contribution in [0.15, 0.2) is 29.8 Å². The van der Waals surface area contributed by atoms with E-state index in [-0.39, 0.29) is 0 Å². The van der Waals surface area contributed by atoms with Gasteiger partial charge in [-0.1, -0.05) is 49.6 Å². The van der Waals surface area contributed by atoms with Crippen LogP contribution in [0.2, 0.25) is 0 Å². The zero-order valence-corrected chi connectivity index (χ0v) is 9.42. The van der Waals surface area contributed by atoms with Crippen LogP contribution in [0.3, 0.4) is 0 Å². The predicted molar refractivity (Wildman–Crippen MR) is 67.1 cm³/mol. The molecule has 0 saturated heterocycles. The third-order valence-electron chi connectivity index (χ3n) is 2.93. The van der Waals surface area contributed by atoms with Gasteiger partial charge in [0.2, 0.25) is 0 Å². The van der Waals surface area contributed by atoms with Gasteiger partial charge in [0.1, 0.15) is 0 Å². The van der Waals surface area contributed by atoms with Crippen molar-refractivity contribution in [3.63, 3.8) is 0 Å². The minimum Gasteiger partial charge on any atom is -0.381 e. The summed E-state index contributed by atoms with van der Waals surface area (Å²) in [5, 5.41) is 3.47. The van der Waals surface area contributed by atoms with Crippen LogP contribution in [0.1, 0.15) is 38.2 Å². The highest BCUT2D eigenvalue weighted by molar-refractivity contribution is 5.71. The van der Waals surface area contributed by atoms with Crippen LogP contribution >= 0.6 is 0 Å². The Morgan fingerprint density at radius 2 is 2.07 bits per heavy atom. The molecule has 1 aromatic carbocycles. The van der Waals surface area contributed by atoms with Crippen molar-refractivity contribution in [2.45, 2.75) is 32.6 Å². The number of hydrogen-bond acceptors (Lipinski definition) is 1. The lowest BCUT2D eigenvalue weighted by Gasteiger charge is -2.18. The van der Waals surface area contributed by atoms with Crippen LogP contribution in [0.4, 0.5) is 5.69 Å². The number of unbranched alkanes of at least 4 members (excludes halogenated alkanes) is 2. The van der Waals surface area contributed by atoms with Gasteiger partial charge in [0.05, 0.1) is 0 Å². The van der Waals surface area contributed by atoms with E-state index in [1.807, 2.05) is 0 Å². The number of nitrogens with one attached hydrogen (secondary N) is 1. The van der Waals surface area contributed by atoms with Crippen molar-refractivity contribution >= 4 is 11.8 Å². The molecule has 1 heterocycles. The molecule has 1 N–H and O–H groups in total. The number of benzene rings is 1. The monoisotopic (exact) mass is 201 g/mol. The number of rotatable bonds is 4. The molecule has 15 heavy (non-hydrogen) atoms. The molecule has 1 aliphatic rings. The van der Waals surface area contributed by atoms with E-state index < -0.39 is 0 Å². The van der Waals surface area contributed by atoms with E-state index in [1.54, 1.807) is 5.57 Å². The summed E-state index contributed by atoms with van der Waals surface area (Å²) in [6.45, 7) is 3.28. The maximum atomic E-state index is 3.47. The summed E-state index contributed by atoms with van der Waals surface area (Å²) in [4.78, 5) is 0. The van der Waals surface area contributed by atoms with E-state index in [1.165, 1.54) is 36.9 Å². The molecule has 1 aliphatic heterocycles. The zero-order valence-electron chi connectivity index (χ0n) is 9.42. The maximum absolute atomic E-state index is 3.47. The van der Waals surface area contributed by atoms with E-state index in [0.717, 1.165) is 6.54 Å². The molecule has 0 saturated carbocycles. The van der Waals surface area contributed by atoms with Crippen LogP contribution < -0.4 is 5.32 Å². The van der Waals surface area contributed by atoms with Gasteiger partial charge in [0.15, 0.2) is 0 Å². The topological polar surface area (TPSA) is 12.0 Å². The Labute approximate surface area is 92.2 Å². The average molecular weight is 201 g/mol. The number of anilines is 1. The fourth-order valence-corrected chi connectivity index (χ4v) is 2.03. The largest absolute Gasteiger partial charge is 0.381 e. The standard InChI is InChI=1S/C14H19N/c1-2-3-4-7-12-10-13-8-5-6-9-14(13)15-11-12/h5-6,8-10,15H,2-4,7,11H2,1H3. The van der Waals surface area contributed by atoms with Gasteiger partial charge in [-0.15, -0.1) is 0 Å². The zero-order chi connectivity index (χ0) is 10.5. The van der Waals surface area contributed by atoms with Gasteiger partial charge >= 0.3 is 0 Å². The first-order valence-corrected chi connectivity index (χ1v) is 5.92. The third kappa shape index (κ3) is 2.62. The number of hydrogen-bond donors (Lipinski definition) is 1. The summed E-state index contributed by atoms with van der Waals surface area (Å²) in [6.07, 6.45) is 7.57. The quantitative estimate of drug-likeness (QED) is 0.724. The first-order valence-electron chi connectivity index (χ1n) is 5.92. The fourth-order valence-electron chi connectivity index (χ4n) is 2.03. The molecule has 1 heteroatoms. The molecule has 1 aromatic rings. The maximum Gasteiger partial charge on any atom is 0.0416 e. The van der Waals surface area contributed by atoms with Crippen molar-refractivity contribution in [3.8, 4) is 0 Å². The van der Waals surface area contributed by atoms with E-state index in [0.29, 0.717) is 0 Å². The van der Waals surface area contributed by atoms with Crippen molar-refractivity contribution in [1.82, 2.24) is 0 Å². The van der Waals surface area contributed by atoms with Gasteiger partial charge in [-0.05, 0) is 24.5 Å². The summed E-state index contributed by atoms with van der Waals surface area (Å²) in [5.74, 6) is 0. The predicted octanol–water partition coefficient (Wildman–Crippen LogP) is 4.08. The highest BCUT2D eigenvalue weighted by Crippen LogP contribution is 2.25. The van der Waals surface area contributed by atoms with Crippen LogP contribution in [-0.2, 0) is 0 Å². The fraction of sp³-hybridized carbons (Fsp3) is 0.429. The lowest BCUT2D eigenvalue weighted by Crippen LogP contribution is -2.10. The molecule has 2 rings (SSSR count). The van der Waals surface area contributed by atoms with Gasteiger partial charge in [-0.2, -0.15) is 0 Å². The minimum absolute atomic E-state index is 1.03. The first kappa shape index (κ1) is 10.3. The molecule has 0 radical (unpaired) electrons. The molecule has 0 aliphatic carbocycles. The van der Waals surface area contributed by atoms with Crippen LogP contribution in [0, 0.1) is 0 Å². The molecule has 80 valence electrons. The molecule has 0 unspecified atom stereocenters. The Hall–Kier alpha value is -1.24. The molecular formula is C14H19N. The molecule has 0 bridgehead atoms. The Bertz CT molecular complexity index is 352. The van der Waals surface area contributed by atoms with Crippen molar-refractivity contribution in [2.24, 2.45) is 0 Å². The first-order chi connectivity index (χ1) is 7.40. The minimum atomic E-state index is 1.03. The van der Waals surface area contributed by atoms with Crippen molar-refractivity contribution in [2.75, 3.05) is 11.9 Å². The van der Waals surface area contributed by atoms with Gasteiger partial charge in [-0.3, -0.25) is 0 Å². The lowest BCUT2D eigenvalue weighted by molar-refractivity contribution is 0.710. The molecular weight excluding hydrogens is 182 g/mol. The van der Waals surface area contributed by atoms with Crippen LogP contribution in [0.25, 0.3) is 6.08 Å². The highest BCUT2D eigenvalue weighted by Gasteiger charge is 2.07. The van der Waals surface area contributed by atoms with E-state index in [4.69, 9.17) is 0 Å². The number of fused-ring (bicyclic) bond motifs is 1. The van der Waals surface area contributed by atoms with Crippen LogP contribution in [-0.4, -0.2) is 6.54 Å². The second-order valence-corrected chi connectivity index (χ2v) is 4.20. The van der Waals surface area contributed by atoms with Crippen LogP contribution in [0.5, 0.6) is 0 Å². The Morgan fingerprint density at radius 1 is 1.20 bits per heavy atom. The molecule has 0 atom stereocenters. The van der Waals surface area contributed by atoms with Crippen molar-refractivity contribution in [3.05, 3.63) is 35.4 Å². The Kier molecular flexibility index (Phi) is 3.44. The van der Waals surface area contributed by atoms with E-state index in [2.05, 4.69) is 42.6 Å². The Balaban J connectivity index is 2.02. The second kappa shape index (κ2) is 5.01. The smallest absolute Gasteiger partial charge is 0.0416 e. The summed E-state index contributed by atoms with van der Waals surface area (Å²) >= 11 is 0. The van der Waals surface area contributed by atoms with E-state index in [9.17, 15) is 0 Å². The molecule has 0 amide bonds. The SMILES string of the molecule is CCCCCC1=Cc2ccccc2NC1. The third-order valence-corrected chi connectivity index (χ3v) is 2.93.